The van der Waals surface area contributed by atoms with Crippen LogP contribution in [-0.2, 0) is 6.42 Å². The number of nitrogens with one attached hydrogen (secondary N) is 1. The summed E-state index contributed by atoms with van der Waals surface area (Å²) in [5.74, 6) is 0.409. The summed E-state index contributed by atoms with van der Waals surface area (Å²) in [5.41, 5.74) is 2.58. The molecule has 114 valence electrons. The zero-order valence-corrected chi connectivity index (χ0v) is 14.1. The van der Waals surface area contributed by atoms with Crippen LogP contribution < -0.4 is 5.32 Å². The Kier molecular flexibility index (Phi) is 5.37. The van der Waals surface area contributed by atoms with Gasteiger partial charge in [0.1, 0.15) is 5.82 Å². The summed E-state index contributed by atoms with van der Waals surface area (Å²) < 4.78 is 13.2. The maximum atomic E-state index is 13.2. The molecular weight excluding hydrogens is 249 g/mol. The second-order valence-electron chi connectivity index (χ2n) is 7.66. The number of aryl methyl sites for hydroxylation is 1. The zero-order valence-electron chi connectivity index (χ0n) is 14.1. The number of halogens is 1. The second kappa shape index (κ2) is 6.26. The van der Waals surface area contributed by atoms with Gasteiger partial charge < -0.3 is 5.32 Å². The summed E-state index contributed by atoms with van der Waals surface area (Å²) in [5, 5.41) is 3.62. The van der Waals surface area contributed by atoms with Crippen LogP contribution in [0.3, 0.4) is 0 Å². The van der Waals surface area contributed by atoms with Crippen molar-refractivity contribution in [1.29, 1.82) is 0 Å². The van der Waals surface area contributed by atoms with Crippen LogP contribution >= 0.6 is 0 Å². The lowest BCUT2D eigenvalue weighted by Gasteiger charge is -2.37. The Morgan fingerprint density at radius 3 is 2.20 bits per heavy atom. The summed E-state index contributed by atoms with van der Waals surface area (Å²) in [6.07, 6.45) is 0.972. The van der Waals surface area contributed by atoms with E-state index < -0.39 is 0 Å². The highest BCUT2D eigenvalue weighted by Gasteiger charge is 2.30. The SMILES string of the molecule is Cc1cc(F)ccc1CC(C)(CNC(C)(C)C)C(C)C. The molecule has 1 aromatic rings. The van der Waals surface area contributed by atoms with Gasteiger partial charge in [-0.05, 0) is 68.7 Å². The molecule has 20 heavy (non-hydrogen) atoms. The Morgan fingerprint density at radius 1 is 1.15 bits per heavy atom. The van der Waals surface area contributed by atoms with Crippen molar-refractivity contribution in [3.63, 3.8) is 0 Å². The molecule has 1 unspecified atom stereocenters. The van der Waals surface area contributed by atoms with Crippen LogP contribution in [0.25, 0.3) is 0 Å². The molecule has 0 saturated heterocycles. The molecule has 1 aromatic carbocycles. The first-order valence-corrected chi connectivity index (χ1v) is 7.53. The normalized spacial score (nSPS) is 15.4. The van der Waals surface area contributed by atoms with Crippen LogP contribution in [-0.4, -0.2) is 12.1 Å². The Labute approximate surface area is 124 Å². The molecule has 1 N–H and O–H groups in total. The minimum Gasteiger partial charge on any atom is -0.312 e. The fourth-order valence-corrected chi connectivity index (χ4v) is 2.23. The molecule has 1 atom stereocenters. The highest BCUT2D eigenvalue weighted by molar-refractivity contribution is 5.27. The Hall–Kier alpha value is -0.890. The number of hydrogen-bond acceptors (Lipinski definition) is 1. The van der Waals surface area contributed by atoms with Gasteiger partial charge in [-0.25, -0.2) is 4.39 Å². The van der Waals surface area contributed by atoms with Crippen molar-refractivity contribution in [3.8, 4) is 0 Å². The fourth-order valence-electron chi connectivity index (χ4n) is 2.23. The molecule has 1 rings (SSSR count). The summed E-state index contributed by atoms with van der Waals surface area (Å²) in [6.45, 7) is 16.4. The van der Waals surface area contributed by atoms with Crippen LogP contribution in [0, 0.1) is 24.1 Å². The molecule has 1 nitrogen and oxygen atoms in total. The van der Waals surface area contributed by atoms with Gasteiger partial charge in [0.05, 0.1) is 0 Å². The predicted octanol–water partition coefficient (Wildman–Crippen LogP) is 4.73. The number of rotatable bonds is 5. The van der Waals surface area contributed by atoms with Gasteiger partial charge in [0.2, 0.25) is 0 Å². The van der Waals surface area contributed by atoms with Crippen molar-refractivity contribution in [2.24, 2.45) is 11.3 Å². The highest BCUT2D eigenvalue weighted by Crippen LogP contribution is 2.32. The molecule has 0 bridgehead atoms. The maximum absolute atomic E-state index is 13.2. The smallest absolute Gasteiger partial charge is 0.123 e. The minimum absolute atomic E-state index is 0.119. The molecule has 0 aliphatic rings. The first-order chi connectivity index (χ1) is 9.03. The standard InChI is InChI=1S/C18H30FN/c1-13(2)18(7,12-20-17(4,5)6)11-15-8-9-16(19)10-14(15)3/h8-10,13,20H,11-12H2,1-7H3. The number of benzene rings is 1. The van der Waals surface area contributed by atoms with Crippen LogP contribution in [0.4, 0.5) is 4.39 Å². The van der Waals surface area contributed by atoms with Gasteiger partial charge in [0.15, 0.2) is 0 Å². The van der Waals surface area contributed by atoms with Crippen LogP contribution in [0.15, 0.2) is 18.2 Å². The third-order valence-corrected chi connectivity index (χ3v) is 4.32. The first-order valence-electron chi connectivity index (χ1n) is 7.53. The van der Waals surface area contributed by atoms with Crippen molar-refractivity contribution in [1.82, 2.24) is 5.32 Å². The third-order valence-electron chi connectivity index (χ3n) is 4.32. The van der Waals surface area contributed by atoms with Crippen LogP contribution in [0.5, 0.6) is 0 Å². The van der Waals surface area contributed by atoms with Crippen molar-refractivity contribution in [2.45, 2.75) is 60.4 Å². The van der Waals surface area contributed by atoms with E-state index >= 15 is 0 Å². The first kappa shape index (κ1) is 17.2. The molecule has 0 aliphatic heterocycles. The van der Waals surface area contributed by atoms with Crippen LogP contribution in [0.2, 0.25) is 0 Å². The van der Waals surface area contributed by atoms with E-state index in [4.69, 9.17) is 0 Å². The lowest BCUT2D eigenvalue weighted by molar-refractivity contribution is 0.187. The van der Waals surface area contributed by atoms with Crippen LogP contribution in [0.1, 0.15) is 52.7 Å². The molecule has 2 heteroatoms. The predicted molar refractivity (Wildman–Crippen MR) is 85.5 cm³/mol. The van der Waals surface area contributed by atoms with E-state index in [1.807, 2.05) is 13.0 Å². The molecule has 0 radical (unpaired) electrons. The largest absolute Gasteiger partial charge is 0.312 e. The van der Waals surface area contributed by atoms with E-state index in [1.165, 1.54) is 5.56 Å². The summed E-state index contributed by atoms with van der Waals surface area (Å²) in [4.78, 5) is 0. The highest BCUT2D eigenvalue weighted by atomic mass is 19.1. The average Bonchev–Trinajstić information content (AvgIpc) is 2.29. The van der Waals surface area contributed by atoms with Crippen molar-refractivity contribution in [3.05, 3.63) is 35.1 Å². The van der Waals surface area contributed by atoms with Gasteiger partial charge in [-0.1, -0.05) is 26.8 Å². The summed E-state index contributed by atoms with van der Waals surface area (Å²) >= 11 is 0. The molecule has 0 aliphatic carbocycles. The molecule has 0 aromatic heterocycles. The average molecular weight is 279 g/mol. The second-order valence-corrected chi connectivity index (χ2v) is 7.66. The fraction of sp³-hybridized carbons (Fsp3) is 0.667. The van der Waals surface area contributed by atoms with Gasteiger partial charge >= 0.3 is 0 Å². The van der Waals surface area contributed by atoms with Crippen molar-refractivity contribution < 1.29 is 4.39 Å². The Morgan fingerprint density at radius 2 is 1.75 bits per heavy atom. The summed E-state index contributed by atoms with van der Waals surface area (Å²) in [6, 6.07) is 5.13. The van der Waals surface area contributed by atoms with Gasteiger partial charge in [0, 0.05) is 12.1 Å². The molecular formula is C18H30FN. The molecule has 0 saturated carbocycles. The van der Waals surface area contributed by atoms with E-state index in [2.05, 4.69) is 46.9 Å². The van der Waals surface area contributed by atoms with Gasteiger partial charge in [-0.3, -0.25) is 0 Å². The van der Waals surface area contributed by atoms with E-state index in [9.17, 15) is 4.39 Å². The topological polar surface area (TPSA) is 12.0 Å². The molecule has 0 fully saturated rings. The van der Waals surface area contributed by atoms with Crippen molar-refractivity contribution in [2.75, 3.05) is 6.54 Å². The Balaban J connectivity index is 2.91. The van der Waals surface area contributed by atoms with Gasteiger partial charge in [-0.2, -0.15) is 0 Å². The van der Waals surface area contributed by atoms with Gasteiger partial charge in [-0.15, -0.1) is 0 Å². The lowest BCUT2D eigenvalue weighted by Crippen LogP contribution is -2.45. The molecule has 0 amide bonds. The summed E-state index contributed by atoms with van der Waals surface area (Å²) in [7, 11) is 0. The molecule has 0 heterocycles. The van der Waals surface area contributed by atoms with E-state index in [0.717, 1.165) is 18.5 Å². The maximum Gasteiger partial charge on any atom is 0.123 e. The van der Waals surface area contributed by atoms with E-state index in [0.29, 0.717) is 5.92 Å². The van der Waals surface area contributed by atoms with E-state index in [1.54, 1.807) is 12.1 Å². The van der Waals surface area contributed by atoms with Crippen molar-refractivity contribution >= 4 is 0 Å². The van der Waals surface area contributed by atoms with Gasteiger partial charge in [0.25, 0.3) is 0 Å². The lowest BCUT2D eigenvalue weighted by atomic mass is 9.73. The quantitative estimate of drug-likeness (QED) is 0.822. The van der Waals surface area contributed by atoms with E-state index in [-0.39, 0.29) is 16.8 Å². The minimum atomic E-state index is -0.148. The number of hydrogen-bond donors (Lipinski definition) is 1. The Bertz CT molecular complexity index is 445. The zero-order chi connectivity index (χ0) is 15.6. The monoisotopic (exact) mass is 279 g/mol. The molecule has 0 spiro atoms. The third kappa shape index (κ3) is 4.90.